The van der Waals surface area contributed by atoms with Crippen LogP contribution in [0.15, 0.2) is 48.5 Å². The Kier molecular flexibility index (Phi) is 8.49. The summed E-state index contributed by atoms with van der Waals surface area (Å²) in [6, 6.07) is 12.4. The number of carbonyl (C=O) groups is 3. The summed E-state index contributed by atoms with van der Waals surface area (Å²) in [6.45, 7) is -1.81. The summed E-state index contributed by atoms with van der Waals surface area (Å²) < 4.78 is 73.6. The number of fused-ring (bicyclic) bond motifs is 3. The maximum atomic E-state index is 13.7. The molecule has 2 aromatic rings. The second-order valence-electron chi connectivity index (χ2n) is 8.06. The Labute approximate surface area is 208 Å². The van der Waals surface area contributed by atoms with E-state index >= 15 is 0 Å². The number of methoxy groups -OCH3 is 2. The first kappa shape index (κ1) is 28.0. The van der Waals surface area contributed by atoms with Crippen LogP contribution in [0.1, 0.15) is 11.6 Å². The van der Waals surface area contributed by atoms with Crippen molar-refractivity contribution in [3.8, 4) is 11.1 Å². The molecule has 0 radical (unpaired) electrons. The molecule has 13 heteroatoms. The van der Waals surface area contributed by atoms with E-state index in [1.165, 1.54) is 17.3 Å². The smallest absolute Gasteiger partial charge is 0.383 e. The van der Waals surface area contributed by atoms with E-state index in [1.54, 1.807) is 48.5 Å². The Bertz CT molecular complexity index is 1160. The highest BCUT2D eigenvalue weighted by atomic mass is 19.4. The van der Waals surface area contributed by atoms with Gasteiger partial charge in [-0.1, -0.05) is 42.5 Å². The standard InChI is InChI=1S/C24H24F5N3O5/c1-36-12-11-32-17-10-6-5-8-15(17)14-7-3-4-9-16(14)18(22(32)35)31-21(34)19(37-2)20(33)30-13-23(25,26)24(27,28)29/h3-10,18-19H,11-13H2,1-2H3,(H,30,33)(H,31,34)/t18?,19-/m0/s1. The molecule has 8 nitrogen and oxygen atoms in total. The van der Waals surface area contributed by atoms with E-state index < -0.39 is 48.5 Å². The average molecular weight is 529 g/mol. The molecule has 0 fully saturated rings. The molecule has 1 aliphatic rings. The Hall–Kier alpha value is -3.58. The summed E-state index contributed by atoms with van der Waals surface area (Å²) in [7, 11) is 2.35. The third-order valence-electron chi connectivity index (χ3n) is 5.69. The molecule has 1 heterocycles. The molecule has 0 saturated carbocycles. The van der Waals surface area contributed by atoms with Crippen LogP contribution in [0, 0.1) is 0 Å². The largest absolute Gasteiger partial charge is 0.455 e. The lowest BCUT2D eigenvalue weighted by Crippen LogP contribution is -2.53. The van der Waals surface area contributed by atoms with Crippen molar-refractivity contribution in [2.45, 2.75) is 24.2 Å². The molecule has 2 atom stereocenters. The minimum absolute atomic E-state index is 0.118. The molecular formula is C24H24F5N3O5. The van der Waals surface area contributed by atoms with Gasteiger partial charge in [0.15, 0.2) is 0 Å². The van der Waals surface area contributed by atoms with Crippen molar-refractivity contribution >= 4 is 23.4 Å². The van der Waals surface area contributed by atoms with Crippen molar-refractivity contribution in [3.05, 3.63) is 54.1 Å². The SMILES string of the molecule is COCCN1C(=O)C(NC(=O)[C@@H](OC)C(=O)NCC(F)(F)C(F)(F)F)c2ccccc2-c2ccccc21. The van der Waals surface area contributed by atoms with E-state index in [-0.39, 0.29) is 13.2 Å². The van der Waals surface area contributed by atoms with Gasteiger partial charge in [-0.3, -0.25) is 14.4 Å². The number of alkyl halides is 5. The lowest BCUT2D eigenvalue weighted by molar-refractivity contribution is -0.278. The van der Waals surface area contributed by atoms with Gasteiger partial charge >= 0.3 is 12.1 Å². The van der Waals surface area contributed by atoms with Gasteiger partial charge in [0.1, 0.15) is 6.04 Å². The van der Waals surface area contributed by atoms with Gasteiger partial charge < -0.3 is 25.0 Å². The summed E-state index contributed by atoms with van der Waals surface area (Å²) in [5.41, 5.74) is 2.23. The molecule has 1 unspecified atom stereocenters. The van der Waals surface area contributed by atoms with Gasteiger partial charge in [-0.25, -0.2) is 0 Å². The fraction of sp³-hybridized carbons (Fsp3) is 0.375. The number of rotatable bonds is 9. The molecule has 0 aliphatic carbocycles. The molecule has 2 N–H and O–H groups in total. The van der Waals surface area contributed by atoms with Gasteiger partial charge in [0, 0.05) is 26.3 Å². The monoisotopic (exact) mass is 529 g/mol. The van der Waals surface area contributed by atoms with Crippen LogP contribution in [0.2, 0.25) is 0 Å². The zero-order valence-corrected chi connectivity index (χ0v) is 19.8. The zero-order valence-electron chi connectivity index (χ0n) is 19.8. The number of ether oxygens (including phenoxy) is 2. The molecule has 0 spiro atoms. The molecule has 200 valence electrons. The molecule has 3 amide bonds. The number of amides is 3. The van der Waals surface area contributed by atoms with Crippen molar-refractivity contribution in [3.63, 3.8) is 0 Å². The Morgan fingerprint density at radius 3 is 2.22 bits per heavy atom. The first-order valence-corrected chi connectivity index (χ1v) is 11.0. The van der Waals surface area contributed by atoms with Crippen LogP contribution in [-0.4, -0.2) is 69.8 Å². The van der Waals surface area contributed by atoms with Crippen LogP contribution in [0.4, 0.5) is 27.6 Å². The summed E-state index contributed by atoms with van der Waals surface area (Å²) in [5.74, 6) is -8.54. The van der Waals surface area contributed by atoms with E-state index in [0.717, 1.165) is 7.11 Å². The first-order valence-electron chi connectivity index (χ1n) is 11.0. The highest BCUT2D eigenvalue weighted by Crippen LogP contribution is 2.40. The number of carbonyl (C=O) groups excluding carboxylic acids is 3. The third-order valence-corrected chi connectivity index (χ3v) is 5.69. The van der Waals surface area contributed by atoms with Crippen molar-refractivity contribution in [1.82, 2.24) is 10.6 Å². The number of benzene rings is 2. The fourth-order valence-electron chi connectivity index (χ4n) is 3.83. The maximum Gasteiger partial charge on any atom is 0.455 e. The summed E-state index contributed by atoms with van der Waals surface area (Å²) in [4.78, 5) is 40.3. The van der Waals surface area contributed by atoms with Crippen molar-refractivity contribution in [1.29, 1.82) is 0 Å². The highest BCUT2D eigenvalue weighted by Gasteiger charge is 2.57. The second-order valence-corrected chi connectivity index (χ2v) is 8.06. The van der Waals surface area contributed by atoms with Gasteiger partial charge in [0.2, 0.25) is 6.10 Å². The van der Waals surface area contributed by atoms with E-state index in [1.807, 2.05) is 0 Å². The zero-order chi connectivity index (χ0) is 27.4. The van der Waals surface area contributed by atoms with Crippen molar-refractivity contribution < 1.29 is 45.8 Å². The van der Waals surface area contributed by atoms with Gasteiger partial charge in [-0.15, -0.1) is 0 Å². The van der Waals surface area contributed by atoms with E-state index in [0.29, 0.717) is 22.4 Å². The molecule has 2 aromatic carbocycles. The topological polar surface area (TPSA) is 97.0 Å². The minimum atomic E-state index is -5.90. The van der Waals surface area contributed by atoms with Crippen LogP contribution in [0.5, 0.6) is 0 Å². The van der Waals surface area contributed by atoms with Gasteiger partial charge in [-0.2, -0.15) is 22.0 Å². The first-order chi connectivity index (χ1) is 17.4. The number of halogens is 5. The quantitative estimate of drug-likeness (QED) is 0.385. The van der Waals surface area contributed by atoms with Crippen LogP contribution in [0.25, 0.3) is 11.1 Å². The summed E-state index contributed by atoms with van der Waals surface area (Å²) in [6.07, 6.45) is -8.01. The number of nitrogens with zero attached hydrogens (tertiary/aromatic N) is 1. The molecule has 0 aromatic heterocycles. The number of para-hydroxylation sites is 1. The average Bonchev–Trinajstić information content (AvgIpc) is 2.95. The molecule has 0 saturated heterocycles. The Balaban J connectivity index is 1.91. The lowest BCUT2D eigenvalue weighted by Gasteiger charge is -2.27. The molecule has 3 rings (SSSR count). The molecule has 0 bridgehead atoms. The van der Waals surface area contributed by atoms with E-state index in [2.05, 4.69) is 5.32 Å². The van der Waals surface area contributed by atoms with Gasteiger partial charge in [0.05, 0.1) is 18.8 Å². The van der Waals surface area contributed by atoms with E-state index in [9.17, 15) is 36.3 Å². The number of nitrogens with one attached hydrogen (secondary N) is 2. The van der Waals surface area contributed by atoms with Crippen LogP contribution in [0.3, 0.4) is 0 Å². The number of anilines is 1. The van der Waals surface area contributed by atoms with Crippen molar-refractivity contribution in [2.24, 2.45) is 0 Å². The molecule has 1 aliphatic heterocycles. The number of hydrogen-bond donors (Lipinski definition) is 2. The van der Waals surface area contributed by atoms with Crippen molar-refractivity contribution in [2.75, 3.05) is 38.8 Å². The van der Waals surface area contributed by atoms with E-state index in [4.69, 9.17) is 9.47 Å². The van der Waals surface area contributed by atoms with Gasteiger partial charge in [0.25, 0.3) is 17.7 Å². The Morgan fingerprint density at radius 1 is 0.973 bits per heavy atom. The summed E-state index contributed by atoms with van der Waals surface area (Å²) in [5, 5.41) is 3.78. The highest BCUT2D eigenvalue weighted by molar-refractivity contribution is 6.09. The second kappa shape index (κ2) is 11.2. The Morgan fingerprint density at radius 2 is 1.59 bits per heavy atom. The lowest BCUT2D eigenvalue weighted by atomic mass is 9.95. The van der Waals surface area contributed by atoms with Crippen LogP contribution >= 0.6 is 0 Å². The predicted molar refractivity (Wildman–Crippen MR) is 122 cm³/mol. The third kappa shape index (κ3) is 5.88. The van der Waals surface area contributed by atoms with Crippen LogP contribution in [-0.2, 0) is 23.9 Å². The minimum Gasteiger partial charge on any atom is -0.383 e. The molecular weight excluding hydrogens is 505 g/mol. The molecule has 37 heavy (non-hydrogen) atoms. The summed E-state index contributed by atoms with van der Waals surface area (Å²) >= 11 is 0. The predicted octanol–water partition coefficient (Wildman–Crippen LogP) is 2.83. The normalized spacial score (nSPS) is 16.4. The number of hydrogen-bond acceptors (Lipinski definition) is 5. The maximum absolute atomic E-state index is 13.7. The van der Waals surface area contributed by atoms with Gasteiger partial charge in [-0.05, 0) is 17.2 Å². The fourth-order valence-corrected chi connectivity index (χ4v) is 3.83. The van der Waals surface area contributed by atoms with Crippen LogP contribution < -0.4 is 15.5 Å².